The van der Waals surface area contributed by atoms with E-state index in [1.54, 1.807) is 4.90 Å². The number of thioether (sulfide) groups is 1. The summed E-state index contributed by atoms with van der Waals surface area (Å²) in [5.74, 6) is 1.15. The van der Waals surface area contributed by atoms with Crippen LogP contribution in [0.2, 0.25) is 0 Å². The highest BCUT2D eigenvalue weighted by atomic mass is 32.2. The molecule has 1 saturated heterocycles. The van der Waals surface area contributed by atoms with Gasteiger partial charge in [-0.05, 0) is 17.9 Å². The molecule has 0 aromatic carbocycles. The lowest BCUT2D eigenvalue weighted by Gasteiger charge is -2.32. The van der Waals surface area contributed by atoms with Gasteiger partial charge in [-0.2, -0.15) is 11.8 Å². The lowest BCUT2D eigenvalue weighted by atomic mass is 10.2. The zero-order valence-electron chi connectivity index (χ0n) is 9.44. The van der Waals surface area contributed by atoms with E-state index in [4.69, 9.17) is 5.11 Å². The van der Waals surface area contributed by atoms with Crippen molar-refractivity contribution < 1.29 is 14.7 Å². The molecule has 5 nitrogen and oxygen atoms in total. The summed E-state index contributed by atoms with van der Waals surface area (Å²) < 4.78 is 0. The Bertz CT molecular complexity index is 260. The molecule has 0 radical (unpaired) electrons. The van der Waals surface area contributed by atoms with Crippen LogP contribution in [0, 0.1) is 0 Å². The van der Waals surface area contributed by atoms with E-state index < -0.39 is 12.0 Å². The van der Waals surface area contributed by atoms with Crippen LogP contribution in [0.1, 0.15) is 13.3 Å². The second kappa shape index (κ2) is 6.75. The van der Waals surface area contributed by atoms with Gasteiger partial charge >= 0.3 is 5.97 Å². The molecule has 0 spiro atoms. The van der Waals surface area contributed by atoms with Gasteiger partial charge in [-0.25, -0.2) is 0 Å². The summed E-state index contributed by atoms with van der Waals surface area (Å²) in [4.78, 5) is 23.9. The van der Waals surface area contributed by atoms with E-state index in [1.807, 2.05) is 11.8 Å². The molecule has 92 valence electrons. The van der Waals surface area contributed by atoms with Gasteiger partial charge in [-0.3, -0.25) is 14.5 Å². The molecule has 0 aromatic heterocycles. The van der Waals surface area contributed by atoms with Gasteiger partial charge in [0.05, 0.1) is 6.54 Å². The Hall–Kier alpha value is -0.750. The first-order chi connectivity index (χ1) is 7.65. The molecule has 0 aliphatic carbocycles. The molecular weight excluding hydrogens is 228 g/mol. The fraction of sp³-hybridized carbons (Fsp3) is 0.800. The van der Waals surface area contributed by atoms with E-state index in [-0.39, 0.29) is 19.0 Å². The number of carbonyl (C=O) groups excluding carboxylic acids is 1. The number of carboxylic acids is 1. The van der Waals surface area contributed by atoms with Crippen LogP contribution in [0.3, 0.4) is 0 Å². The third kappa shape index (κ3) is 4.02. The molecule has 1 atom stereocenters. The Morgan fingerprint density at radius 3 is 3.06 bits per heavy atom. The Balaban J connectivity index is 2.38. The van der Waals surface area contributed by atoms with Gasteiger partial charge in [0.25, 0.3) is 0 Å². The number of carboxylic acid groups (broad SMARTS) is 1. The molecule has 16 heavy (non-hydrogen) atoms. The highest BCUT2D eigenvalue weighted by Crippen LogP contribution is 2.08. The second-order valence-electron chi connectivity index (χ2n) is 3.68. The van der Waals surface area contributed by atoms with Crippen molar-refractivity contribution in [3.63, 3.8) is 0 Å². The molecule has 1 heterocycles. The molecule has 0 saturated carbocycles. The number of aliphatic carboxylic acids is 1. The predicted molar refractivity (Wildman–Crippen MR) is 63.6 cm³/mol. The van der Waals surface area contributed by atoms with Crippen molar-refractivity contribution in [1.29, 1.82) is 0 Å². The van der Waals surface area contributed by atoms with Crippen molar-refractivity contribution in [1.82, 2.24) is 10.2 Å². The highest BCUT2D eigenvalue weighted by molar-refractivity contribution is 7.99. The lowest BCUT2D eigenvalue weighted by Crippen LogP contribution is -2.57. The Kier molecular flexibility index (Phi) is 5.62. The number of piperazine rings is 1. The van der Waals surface area contributed by atoms with Crippen molar-refractivity contribution in [2.24, 2.45) is 0 Å². The van der Waals surface area contributed by atoms with Crippen LogP contribution in [0.25, 0.3) is 0 Å². The van der Waals surface area contributed by atoms with Gasteiger partial charge < -0.3 is 10.4 Å². The number of nitrogens with one attached hydrogen (secondary N) is 1. The summed E-state index contributed by atoms with van der Waals surface area (Å²) in [5.41, 5.74) is 0. The zero-order chi connectivity index (χ0) is 12.0. The maximum Gasteiger partial charge on any atom is 0.322 e. The average molecular weight is 246 g/mol. The van der Waals surface area contributed by atoms with E-state index in [2.05, 4.69) is 12.2 Å². The van der Waals surface area contributed by atoms with Gasteiger partial charge in [0.2, 0.25) is 5.91 Å². The Morgan fingerprint density at radius 2 is 2.44 bits per heavy atom. The van der Waals surface area contributed by atoms with E-state index in [0.717, 1.165) is 17.9 Å². The van der Waals surface area contributed by atoms with Crippen LogP contribution >= 0.6 is 11.8 Å². The first-order valence-electron chi connectivity index (χ1n) is 5.46. The monoisotopic (exact) mass is 246 g/mol. The predicted octanol–water partition coefficient (Wildman–Crippen LogP) is 0.0146. The molecule has 2 N–H and O–H groups in total. The minimum Gasteiger partial charge on any atom is -0.480 e. The van der Waals surface area contributed by atoms with Crippen LogP contribution in [0.5, 0.6) is 0 Å². The lowest BCUT2D eigenvalue weighted by molar-refractivity contribution is -0.145. The summed E-state index contributed by atoms with van der Waals surface area (Å²) in [6.07, 6.45) is 0.926. The quantitative estimate of drug-likeness (QED) is 0.646. The number of nitrogens with zero attached hydrogens (tertiary/aromatic N) is 1. The standard InChI is InChI=1S/C10H18N2O3S/c1-2-16-5-3-4-12-7-9(13)11-6-8(12)10(14)15/h8H,2-7H2,1H3,(H,11,13)(H,14,15). The van der Waals surface area contributed by atoms with Gasteiger partial charge in [0.15, 0.2) is 0 Å². The molecule has 1 amide bonds. The van der Waals surface area contributed by atoms with E-state index in [1.165, 1.54) is 0 Å². The maximum atomic E-state index is 11.2. The fourth-order valence-electron chi connectivity index (χ4n) is 1.68. The minimum atomic E-state index is -0.858. The molecule has 0 aromatic rings. The number of amides is 1. The van der Waals surface area contributed by atoms with Crippen molar-refractivity contribution in [3.05, 3.63) is 0 Å². The molecule has 1 fully saturated rings. The molecule has 1 aliphatic heterocycles. The van der Waals surface area contributed by atoms with Gasteiger partial charge in [-0.1, -0.05) is 6.92 Å². The number of hydrogen-bond donors (Lipinski definition) is 2. The van der Waals surface area contributed by atoms with Crippen LogP contribution in [-0.4, -0.2) is 59.1 Å². The Morgan fingerprint density at radius 1 is 1.69 bits per heavy atom. The summed E-state index contributed by atoms with van der Waals surface area (Å²) >= 11 is 1.83. The van der Waals surface area contributed by atoms with Crippen molar-refractivity contribution in [2.75, 3.05) is 31.1 Å². The molecule has 1 aliphatic rings. The van der Waals surface area contributed by atoms with Crippen molar-refractivity contribution in [3.8, 4) is 0 Å². The van der Waals surface area contributed by atoms with Gasteiger partial charge in [0, 0.05) is 13.1 Å². The third-order valence-corrected chi connectivity index (χ3v) is 3.49. The first-order valence-corrected chi connectivity index (χ1v) is 6.62. The highest BCUT2D eigenvalue weighted by Gasteiger charge is 2.31. The average Bonchev–Trinajstić information content (AvgIpc) is 2.24. The van der Waals surface area contributed by atoms with Crippen molar-refractivity contribution >= 4 is 23.6 Å². The van der Waals surface area contributed by atoms with Crippen LogP contribution in [0.15, 0.2) is 0 Å². The number of rotatable bonds is 6. The largest absolute Gasteiger partial charge is 0.480 e. The van der Waals surface area contributed by atoms with Crippen LogP contribution in [-0.2, 0) is 9.59 Å². The van der Waals surface area contributed by atoms with Gasteiger partial charge in [-0.15, -0.1) is 0 Å². The van der Waals surface area contributed by atoms with E-state index in [9.17, 15) is 9.59 Å². The molecule has 1 rings (SSSR count). The van der Waals surface area contributed by atoms with Crippen LogP contribution in [0.4, 0.5) is 0 Å². The normalized spacial score (nSPS) is 21.8. The van der Waals surface area contributed by atoms with Gasteiger partial charge in [0.1, 0.15) is 6.04 Å². The van der Waals surface area contributed by atoms with E-state index >= 15 is 0 Å². The molecule has 6 heteroatoms. The molecular formula is C10H18N2O3S. The molecule has 1 unspecified atom stereocenters. The summed E-state index contributed by atoms with van der Waals surface area (Å²) in [7, 11) is 0. The summed E-state index contributed by atoms with van der Waals surface area (Å²) in [5, 5.41) is 11.6. The summed E-state index contributed by atoms with van der Waals surface area (Å²) in [6, 6.07) is -0.565. The first kappa shape index (κ1) is 13.3. The summed E-state index contributed by atoms with van der Waals surface area (Å²) in [6.45, 7) is 3.19. The van der Waals surface area contributed by atoms with Crippen molar-refractivity contribution in [2.45, 2.75) is 19.4 Å². The minimum absolute atomic E-state index is 0.0827. The second-order valence-corrected chi connectivity index (χ2v) is 5.07. The third-order valence-electron chi connectivity index (χ3n) is 2.50. The maximum absolute atomic E-state index is 11.2. The number of carbonyl (C=O) groups is 2. The smallest absolute Gasteiger partial charge is 0.322 e. The molecule has 0 bridgehead atoms. The zero-order valence-corrected chi connectivity index (χ0v) is 10.3. The SMILES string of the molecule is CCSCCCN1CC(=O)NCC1C(=O)O. The topological polar surface area (TPSA) is 69.6 Å². The number of hydrogen-bond acceptors (Lipinski definition) is 4. The van der Waals surface area contributed by atoms with Crippen LogP contribution < -0.4 is 5.32 Å². The Labute approximate surface area is 99.6 Å². The fourth-order valence-corrected chi connectivity index (χ4v) is 2.30. The van der Waals surface area contributed by atoms with E-state index in [0.29, 0.717) is 6.54 Å².